The Morgan fingerprint density at radius 1 is 1.10 bits per heavy atom. The Balaban J connectivity index is 2.19. The molecule has 0 unspecified atom stereocenters. The molecule has 0 fully saturated rings. The topological polar surface area (TPSA) is 9.23 Å². The third kappa shape index (κ3) is 4.37. The van der Waals surface area contributed by atoms with Gasteiger partial charge in [-0.2, -0.15) is 0 Å². The van der Waals surface area contributed by atoms with Gasteiger partial charge in [-0.3, -0.25) is 0 Å². The maximum atomic E-state index is 6.04. The van der Waals surface area contributed by atoms with Crippen LogP contribution in [-0.4, -0.2) is 6.61 Å². The number of rotatable bonds is 6. The zero-order valence-electron chi connectivity index (χ0n) is 11.2. The van der Waals surface area contributed by atoms with Gasteiger partial charge in [0.15, 0.2) is 0 Å². The van der Waals surface area contributed by atoms with Crippen molar-refractivity contribution >= 4 is 17.7 Å². The molecule has 0 aliphatic heterocycles. The van der Waals surface area contributed by atoms with Gasteiger partial charge in [0.05, 0.1) is 6.61 Å². The first-order valence-corrected chi connectivity index (χ1v) is 6.88. The monoisotopic (exact) mass is 284 g/mol. The van der Waals surface area contributed by atoms with Gasteiger partial charge >= 0.3 is 0 Å². The van der Waals surface area contributed by atoms with Gasteiger partial charge in [0.25, 0.3) is 0 Å². The molecular weight excluding hydrogens is 268 g/mol. The lowest BCUT2D eigenvalue weighted by Crippen LogP contribution is -2.01. The van der Waals surface area contributed by atoms with E-state index in [1.807, 2.05) is 48.5 Å². The standard InChI is InChI=1S/C18H17ClO/c1-2-13-20-18(16-9-6-10-17(19)14-16)12-11-15-7-4-3-5-8-15/h2-12,14,18H,1,13H2/b12-11+/t18-/m0/s1. The van der Waals surface area contributed by atoms with Crippen molar-refractivity contribution in [1.29, 1.82) is 0 Å². The third-order valence-corrected chi connectivity index (χ3v) is 3.07. The number of halogens is 1. The van der Waals surface area contributed by atoms with Crippen LogP contribution in [0.3, 0.4) is 0 Å². The van der Waals surface area contributed by atoms with E-state index in [-0.39, 0.29) is 6.10 Å². The normalized spacial score (nSPS) is 12.4. The number of hydrogen-bond donors (Lipinski definition) is 0. The van der Waals surface area contributed by atoms with Crippen LogP contribution < -0.4 is 0 Å². The molecule has 0 bridgehead atoms. The van der Waals surface area contributed by atoms with Crippen LogP contribution in [0.15, 0.2) is 73.3 Å². The van der Waals surface area contributed by atoms with E-state index in [2.05, 4.69) is 24.8 Å². The summed E-state index contributed by atoms with van der Waals surface area (Å²) in [5.74, 6) is 0. The van der Waals surface area contributed by atoms with Crippen molar-refractivity contribution in [3.8, 4) is 0 Å². The molecule has 0 aliphatic carbocycles. The molecule has 2 aromatic rings. The van der Waals surface area contributed by atoms with E-state index in [4.69, 9.17) is 16.3 Å². The lowest BCUT2D eigenvalue weighted by atomic mass is 10.1. The molecule has 0 spiro atoms. The van der Waals surface area contributed by atoms with E-state index in [1.165, 1.54) is 0 Å². The summed E-state index contributed by atoms with van der Waals surface area (Å²) in [5.41, 5.74) is 2.17. The molecule has 1 atom stereocenters. The summed E-state index contributed by atoms with van der Waals surface area (Å²) in [6.07, 6.45) is 5.69. The van der Waals surface area contributed by atoms with Crippen LogP contribution in [0, 0.1) is 0 Å². The van der Waals surface area contributed by atoms with Crippen LogP contribution in [0.1, 0.15) is 17.2 Å². The molecule has 1 nitrogen and oxygen atoms in total. The molecule has 0 heterocycles. The van der Waals surface area contributed by atoms with Gasteiger partial charge in [0.1, 0.15) is 6.10 Å². The summed E-state index contributed by atoms with van der Waals surface area (Å²) >= 11 is 6.04. The molecule has 0 amide bonds. The maximum absolute atomic E-state index is 6.04. The Morgan fingerprint density at radius 2 is 1.90 bits per heavy atom. The SMILES string of the molecule is C=CCO[C@@H](/C=C/c1ccccc1)c1cccc(Cl)c1. The minimum absolute atomic E-state index is 0.132. The van der Waals surface area contributed by atoms with Crippen LogP contribution in [-0.2, 0) is 4.74 Å². The Kier molecular flexibility index (Phi) is 5.60. The van der Waals surface area contributed by atoms with E-state index in [9.17, 15) is 0 Å². The molecular formula is C18H17ClO. The molecule has 0 saturated carbocycles. The van der Waals surface area contributed by atoms with Gasteiger partial charge in [-0.1, -0.05) is 72.3 Å². The molecule has 0 radical (unpaired) electrons. The van der Waals surface area contributed by atoms with Gasteiger partial charge in [-0.15, -0.1) is 6.58 Å². The van der Waals surface area contributed by atoms with Gasteiger partial charge in [0, 0.05) is 5.02 Å². The van der Waals surface area contributed by atoms with Gasteiger partial charge in [-0.05, 0) is 23.3 Å². The fraction of sp³-hybridized carbons (Fsp3) is 0.111. The molecule has 0 saturated heterocycles. The van der Waals surface area contributed by atoms with Crippen molar-refractivity contribution in [2.24, 2.45) is 0 Å². The summed E-state index contributed by atoms with van der Waals surface area (Å²) < 4.78 is 5.79. The van der Waals surface area contributed by atoms with E-state index >= 15 is 0 Å². The second-order valence-corrected chi connectivity index (χ2v) is 4.80. The lowest BCUT2D eigenvalue weighted by Gasteiger charge is -2.14. The molecule has 20 heavy (non-hydrogen) atoms. The zero-order chi connectivity index (χ0) is 14.2. The number of hydrogen-bond acceptors (Lipinski definition) is 1. The minimum atomic E-state index is -0.132. The van der Waals surface area contributed by atoms with E-state index < -0.39 is 0 Å². The summed E-state index contributed by atoms with van der Waals surface area (Å²) in [7, 11) is 0. The largest absolute Gasteiger partial charge is 0.365 e. The third-order valence-electron chi connectivity index (χ3n) is 2.83. The van der Waals surface area contributed by atoms with E-state index in [1.54, 1.807) is 6.08 Å². The van der Waals surface area contributed by atoms with Crippen LogP contribution in [0.5, 0.6) is 0 Å². The molecule has 0 aliphatic rings. The van der Waals surface area contributed by atoms with Crippen molar-refractivity contribution in [2.75, 3.05) is 6.61 Å². The minimum Gasteiger partial charge on any atom is -0.365 e. The molecule has 2 aromatic carbocycles. The second kappa shape index (κ2) is 7.68. The Morgan fingerprint density at radius 3 is 2.60 bits per heavy atom. The lowest BCUT2D eigenvalue weighted by molar-refractivity contribution is 0.111. The van der Waals surface area contributed by atoms with Crippen molar-refractivity contribution in [1.82, 2.24) is 0 Å². The number of ether oxygens (including phenoxy) is 1. The zero-order valence-corrected chi connectivity index (χ0v) is 12.0. The first-order chi connectivity index (χ1) is 9.79. The molecule has 0 aromatic heterocycles. The first kappa shape index (κ1) is 14.6. The highest BCUT2D eigenvalue weighted by Crippen LogP contribution is 2.23. The predicted octanol–water partition coefficient (Wildman–Crippen LogP) is 5.30. The van der Waals surface area contributed by atoms with Crippen LogP contribution in [0.2, 0.25) is 5.02 Å². The molecule has 102 valence electrons. The van der Waals surface area contributed by atoms with Gasteiger partial charge in [-0.25, -0.2) is 0 Å². The Hall–Kier alpha value is -1.83. The van der Waals surface area contributed by atoms with Crippen molar-refractivity contribution in [3.63, 3.8) is 0 Å². The van der Waals surface area contributed by atoms with Crippen molar-refractivity contribution in [2.45, 2.75) is 6.10 Å². The Labute approximate surface area is 125 Å². The summed E-state index contributed by atoms with van der Waals surface area (Å²) in [6.45, 7) is 4.18. The predicted molar refractivity (Wildman–Crippen MR) is 85.8 cm³/mol. The van der Waals surface area contributed by atoms with E-state index in [0.717, 1.165) is 11.1 Å². The highest BCUT2D eigenvalue weighted by atomic mass is 35.5. The second-order valence-electron chi connectivity index (χ2n) is 4.37. The molecule has 0 N–H and O–H groups in total. The smallest absolute Gasteiger partial charge is 0.101 e. The van der Waals surface area contributed by atoms with Crippen molar-refractivity contribution < 1.29 is 4.74 Å². The van der Waals surface area contributed by atoms with Crippen LogP contribution >= 0.6 is 11.6 Å². The van der Waals surface area contributed by atoms with Crippen LogP contribution in [0.4, 0.5) is 0 Å². The Bertz CT molecular complexity index is 575. The highest BCUT2D eigenvalue weighted by molar-refractivity contribution is 6.30. The maximum Gasteiger partial charge on any atom is 0.101 e. The van der Waals surface area contributed by atoms with Gasteiger partial charge < -0.3 is 4.74 Å². The molecule has 2 heteroatoms. The fourth-order valence-corrected chi connectivity index (χ4v) is 2.08. The van der Waals surface area contributed by atoms with Crippen molar-refractivity contribution in [3.05, 3.63) is 89.5 Å². The summed E-state index contributed by atoms with van der Waals surface area (Å²) in [4.78, 5) is 0. The first-order valence-electron chi connectivity index (χ1n) is 6.51. The van der Waals surface area contributed by atoms with Gasteiger partial charge in [0.2, 0.25) is 0 Å². The average molecular weight is 285 g/mol. The molecule has 2 rings (SSSR count). The fourth-order valence-electron chi connectivity index (χ4n) is 1.88. The summed E-state index contributed by atoms with van der Waals surface area (Å²) in [6, 6.07) is 17.9. The van der Waals surface area contributed by atoms with Crippen LogP contribution in [0.25, 0.3) is 6.08 Å². The summed E-state index contributed by atoms with van der Waals surface area (Å²) in [5, 5.41) is 0.711. The highest BCUT2D eigenvalue weighted by Gasteiger charge is 2.08. The quantitative estimate of drug-likeness (QED) is 0.654. The average Bonchev–Trinajstić information content (AvgIpc) is 2.48. The number of benzene rings is 2. The van der Waals surface area contributed by atoms with E-state index in [0.29, 0.717) is 11.6 Å².